The second-order valence-corrected chi connectivity index (χ2v) is 6.40. The first kappa shape index (κ1) is 19.9. The number of ether oxygens (including phenoxy) is 2. The molecule has 138 valence electrons. The summed E-state index contributed by atoms with van der Waals surface area (Å²) >= 11 is 1.32. The fourth-order valence-electron chi connectivity index (χ4n) is 2.60. The summed E-state index contributed by atoms with van der Waals surface area (Å²) in [5.41, 5.74) is 1.61. The normalized spacial score (nSPS) is 10.3. The van der Waals surface area contributed by atoms with Gasteiger partial charge in [-0.25, -0.2) is 14.8 Å². The number of hydrogen-bond donors (Lipinski definition) is 1. The van der Waals surface area contributed by atoms with E-state index in [4.69, 9.17) is 9.47 Å². The van der Waals surface area contributed by atoms with Gasteiger partial charge in [-0.2, -0.15) is 0 Å². The Morgan fingerprint density at radius 2 is 1.96 bits per heavy atom. The number of thiophene rings is 1. The molecule has 0 amide bonds. The summed E-state index contributed by atoms with van der Waals surface area (Å²) in [6.07, 6.45) is 0. The maximum absolute atomic E-state index is 12.2. The number of para-hydroxylation sites is 2. The molecule has 0 fully saturated rings. The van der Waals surface area contributed by atoms with Crippen molar-refractivity contribution >= 4 is 51.4 Å². The minimum atomic E-state index is -0.330. The molecule has 1 N–H and O–H groups in total. The van der Waals surface area contributed by atoms with E-state index in [1.54, 1.807) is 14.0 Å². The number of carbonyl (C=O) groups is 1. The van der Waals surface area contributed by atoms with Gasteiger partial charge in [0.2, 0.25) is 0 Å². The topological polar surface area (TPSA) is 73.3 Å². The zero-order chi connectivity index (χ0) is 18.0. The number of nitrogens with zero attached hydrogens (tertiary/aromatic N) is 2. The molecule has 8 heteroatoms. The van der Waals surface area contributed by atoms with Crippen LogP contribution in [0.4, 0.5) is 11.5 Å². The summed E-state index contributed by atoms with van der Waals surface area (Å²) in [6.45, 7) is 5.84. The highest BCUT2D eigenvalue weighted by molar-refractivity contribution is 7.20. The van der Waals surface area contributed by atoms with Crippen molar-refractivity contribution in [3.8, 4) is 5.75 Å². The smallest absolute Gasteiger partial charge is 0.348 e. The Labute approximate surface area is 162 Å². The van der Waals surface area contributed by atoms with Gasteiger partial charge < -0.3 is 14.8 Å². The summed E-state index contributed by atoms with van der Waals surface area (Å²) in [6, 6.07) is 7.61. The van der Waals surface area contributed by atoms with E-state index in [1.807, 2.05) is 38.1 Å². The van der Waals surface area contributed by atoms with E-state index in [0.717, 1.165) is 21.5 Å². The van der Waals surface area contributed by atoms with Crippen LogP contribution in [0, 0.1) is 13.8 Å². The lowest BCUT2D eigenvalue weighted by Crippen LogP contribution is -2.04. The van der Waals surface area contributed by atoms with Gasteiger partial charge in [0.25, 0.3) is 0 Å². The Kier molecular flexibility index (Phi) is 6.39. The predicted octanol–water partition coefficient (Wildman–Crippen LogP) is 4.66. The van der Waals surface area contributed by atoms with Crippen LogP contribution in [-0.4, -0.2) is 29.7 Å². The zero-order valence-electron chi connectivity index (χ0n) is 15.0. The van der Waals surface area contributed by atoms with E-state index in [0.29, 0.717) is 28.9 Å². The molecule has 0 aliphatic rings. The van der Waals surface area contributed by atoms with Gasteiger partial charge in [-0.05, 0) is 38.5 Å². The third kappa shape index (κ3) is 3.73. The van der Waals surface area contributed by atoms with Crippen LogP contribution < -0.4 is 10.1 Å². The standard InChI is InChI=1S/C18H19N3O3S.ClH/c1-5-24-18(22)15-10(2)14-16(19-11(3)20-17(14)25-15)21-12-8-6-7-9-13(12)23-4;/h6-9H,5H2,1-4H3,(H,19,20,21);1H. The second kappa shape index (κ2) is 8.33. The minimum absolute atomic E-state index is 0. The van der Waals surface area contributed by atoms with E-state index in [1.165, 1.54) is 11.3 Å². The van der Waals surface area contributed by atoms with Crippen molar-refractivity contribution in [1.82, 2.24) is 9.97 Å². The molecule has 0 aliphatic carbocycles. The first-order chi connectivity index (χ1) is 12.0. The van der Waals surface area contributed by atoms with E-state index < -0.39 is 0 Å². The molecule has 0 aliphatic heterocycles. The molecule has 0 saturated carbocycles. The molecule has 3 rings (SSSR count). The maximum Gasteiger partial charge on any atom is 0.348 e. The number of rotatable bonds is 5. The van der Waals surface area contributed by atoms with Gasteiger partial charge in [0, 0.05) is 0 Å². The largest absolute Gasteiger partial charge is 0.495 e. The van der Waals surface area contributed by atoms with Gasteiger partial charge in [0.1, 0.15) is 27.1 Å². The summed E-state index contributed by atoms with van der Waals surface area (Å²) in [5.74, 6) is 1.66. The molecule has 2 heterocycles. The Morgan fingerprint density at radius 1 is 1.23 bits per heavy atom. The molecule has 0 unspecified atom stereocenters. The first-order valence-corrected chi connectivity index (χ1v) is 8.71. The number of aryl methyl sites for hydroxylation is 2. The number of benzene rings is 1. The Bertz CT molecular complexity index is 943. The molecule has 0 spiro atoms. The average molecular weight is 394 g/mol. The van der Waals surface area contributed by atoms with Crippen LogP contribution in [-0.2, 0) is 4.74 Å². The summed E-state index contributed by atoms with van der Waals surface area (Å²) < 4.78 is 10.5. The Hall–Kier alpha value is -2.38. The molecule has 1 aromatic carbocycles. The lowest BCUT2D eigenvalue weighted by molar-refractivity contribution is 0.0531. The third-order valence-corrected chi connectivity index (χ3v) is 4.89. The number of carbonyl (C=O) groups excluding carboxylic acids is 1. The SMILES string of the molecule is CCOC(=O)c1sc2nc(C)nc(Nc3ccccc3OC)c2c1C.Cl. The molecular formula is C18H20ClN3O3S. The van der Waals surface area contributed by atoms with Crippen LogP contribution in [0.15, 0.2) is 24.3 Å². The van der Waals surface area contributed by atoms with Crippen LogP contribution in [0.25, 0.3) is 10.2 Å². The van der Waals surface area contributed by atoms with Gasteiger partial charge in [-0.15, -0.1) is 23.7 Å². The maximum atomic E-state index is 12.2. The summed E-state index contributed by atoms with van der Waals surface area (Å²) in [4.78, 5) is 22.5. The third-order valence-electron chi connectivity index (χ3n) is 3.72. The van der Waals surface area contributed by atoms with Gasteiger partial charge >= 0.3 is 5.97 Å². The number of anilines is 2. The summed E-state index contributed by atoms with van der Waals surface area (Å²) in [5, 5.41) is 4.13. The van der Waals surface area contributed by atoms with Gasteiger partial charge in [0.15, 0.2) is 0 Å². The van der Waals surface area contributed by atoms with Crippen molar-refractivity contribution < 1.29 is 14.3 Å². The fourth-order valence-corrected chi connectivity index (χ4v) is 3.72. The van der Waals surface area contributed by atoms with Gasteiger partial charge in [-0.3, -0.25) is 0 Å². The van der Waals surface area contributed by atoms with Gasteiger partial charge in [-0.1, -0.05) is 12.1 Å². The van der Waals surface area contributed by atoms with Crippen LogP contribution in [0.2, 0.25) is 0 Å². The Morgan fingerprint density at radius 3 is 2.65 bits per heavy atom. The molecule has 2 aromatic heterocycles. The van der Waals surface area contributed by atoms with Crippen LogP contribution >= 0.6 is 23.7 Å². The van der Waals surface area contributed by atoms with Crippen molar-refractivity contribution in [3.05, 3.63) is 40.5 Å². The lowest BCUT2D eigenvalue weighted by atomic mass is 10.2. The van der Waals surface area contributed by atoms with Crippen molar-refractivity contribution in [1.29, 1.82) is 0 Å². The van der Waals surface area contributed by atoms with E-state index in [9.17, 15) is 4.79 Å². The highest BCUT2D eigenvalue weighted by atomic mass is 35.5. The summed E-state index contributed by atoms with van der Waals surface area (Å²) in [7, 11) is 1.62. The first-order valence-electron chi connectivity index (χ1n) is 7.90. The number of hydrogen-bond acceptors (Lipinski definition) is 7. The number of halogens is 1. The number of esters is 1. The average Bonchev–Trinajstić information content (AvgIpc) is 2.92. The molecule has 0 saturated heterocycles. The Balaban J connectivity index is 0.00000243. The van der Waals surface area contributed by atoms with Crippen LogP contribution in [0.1, 0.15) is 28.0 Å². The van der Waals surface area contributed by atoms with Gasteiger partial charge in [0.05, 0.1) is 24.8 Å². The number of methoxy groups -OCH3 is 1. The minimum Gasteiger partial charge on any atom is -0.495 e. The molecule has 3 aromatic rings. The number of nitrogens with one attached hydrogen (secondary N) is 1. The lowest BCUT2D eigenvalue weighted by Gasteiger charge is -2.12. The van der Waals surface area contributed by atoms with E-state index in [-0.39, 0.29) is 18.4 Å². The monoisotopic (exact) mass is 393 g/mol. The van der Waals surface area contributed by atoms with Crippen molar-refractivity contribution in [2.24, 2.45) is 0 Å². The van der Waals surface area contributed by atoms with E-state index >= 15 is 0 Å². The highest BCUT2D eigenvalue weighted by Crippen LogP contribution is 2.36. The molecule has 26 heavy (non-hydrogen) atoms. The van der Waals surface area contributed by atoms with Crippen LogP contribution in [0.3, 0.4) is 0 Å². The quantitative estimate of drug-likeness (QED) is 0.635. The van der Waals surface area contributed by atoms with Crippen molar-refractivity contribution in [2.45, 2.75) is 20.8 Å². The molecule has 6 nitrogen and oxygen atoms in total. The van der Waals surface area contributed by atoms with Crippen LogP contribution in [0.5, 0.6) is 5.75 Å². The zero-order valence-corrected chi connectivity index (χ0v) is 16.6. The predicted molar refractivity (Wildman–Crippen MR) is 106 cm³/mol. The molecule has 0 radical (unpaired) electrons. The number of fused-ring (bicyclic) bond motifs is 1. The molecule has 0 atom stereocenters. The van der Waals surface area contributed by atoms with E-state index in [2.05, 4.69) is 15.3 Å². The molecular weight excluding hydrogens is 374 g/mol. The number of aromatic nitrogens is 2. The van der Waals surface area contributed by atoms with Crippen molar-refractivity contribution in [3.63, 3.8) is 0 Å². The molecule has 0 bridgehead atoms. The highest BCUT2D eigenvalue weighted by Gasteiger charge is 2.21. The second-order valence-electron chi connectivity index (χ2n) is 5.40. The van der Waals surface area contributed by atoms with Crippen molar-refractivity contribution in [2.75, 3.05) is 19.0 Å². The fraction of sp³-hybridized carbons (Fsp3) is 0.278.